The highest BCUT2D eigenvalue weighted by molar-refractivity contribution is 7.09. The molecular formula is C15H17F3N6S. The van der Waals surface area contributed by atoms with E-state index in [2.05, 4.69) is 46.4 Å². The largest absolute Gasteiger partial charge is 0.453 e. The lowest BCUT2D eigenvalue weighted by molar-refractivity contribution is -0.146. The van der Waals surface area contributed by atoms with Crippen molar-refractivity contribution in [3.8, 4) is 0 Å². The molecular weight excluding hydrogens is 353 g/mol. The molecule has 0 aliphatic carbocycles. The maximum atomic E-state index is 12.9. The Bertz CT molecular complexity index is 893. The van der Waals surface area contributed by atoms with Gasteiger partial charge in [0.1, 0.15) is 10.8 Å². The van der Waals surface area contributed by atoms with E-state index >= 15 is 0 Å². The van der Waals surface area contributed by atoms with E-state index in [4.69, 9.17) is 0 Å². The van der Waals surface area contributed by atoms with Crippen LogP contribution in [0.2, 0.25) is 0 Å². The zero-order valence-corrected chi connectivity index (χ0v) is 14.9. The molecule has 0 fully saturated rings. The van der Waals surface area contributed by atoms with E-state index in [9.17, 15) is 13.2 Å². The Labute approximate surface area is 146 Å². The summed E-state index contributed by atoms with van der Waals surface area (Å²) in [6, 6.07) is 2.81. The van der Waals surface area contributed by atoms with Crippen molar-refractivity contribution in [2.75, 3.05) is 5.32 Å². The van der Waals surface area contributed by atoms with Gasteiger partial charge in [0, 0.05) is 10.8 Å². The maximum Gasteiger partial charge on any atom is 0.453 e. The SMILES string of the molecule is CC(Nc1ccc2nnc(C(F)(F)F)n2n1)c1nc(C(C)(C)C)cs1. The van der Waals surface area contributed by atoms with E-state index < -0.39 is 12.0 Å². The molecule has 0 amide bonds. The first-order valence-electron chi connectivity index (χ1n) is 7.58. The first-order valence-corrected chi connectivity index (χ1v) is 8.46. The minimum atomic E-state index is -4.62. The second-order valence-corrected chi connectivity index (χ2v) is 7.59. The number of rotatable bonds is 3. The third-order valence-electron chi connectivity index (χ3n) is 3.54. The third-order valence-corrected chi connectivity index (χ3v) is 4.57. The summed E-state index contributed by atoms with van der Waals surface area (Å²) in [6.07, 6.45) is -4.62. The second-order valence-electron chi connectivity index (χ2n) is 6.70. The predicted octanol–water partition coefficient (Wildman–Crippen LogP) is 4.07. The number of anilines is 1. The topological polar surface area (TPSA) is 68.0 Å². The van der Waals surface area contributed by atoms with Gasteiger partial charge >= 0.3 is 6.18 Å². The summed E-state index contributed by atoms with van der Waals surface area (Å²) in [7, 11) is 0. The number of halogens is 3. The Balaban J connectivity index is 1.86. The van der Waals surface area contributed by atoms with Crippen LogP contribution in [0.25, 0.3) is 5.65 Å². The number of alkyl halides is 3. The van der Waals surface area contributed by atoms with Crippen molar-refractivity contribution >= 4 is 22.8 Å². The van der Waals surface area contributed by atoms with Gasteiger partial charge in [0.15, 0.2) is 5.65 Å². The van der Waals surface area contributed by atoms with Gasteiger partial charge in [-0.15, -0.1) is 26.6 Å². The molecule has 3 rings (SSSR count). The molecule has 1 unspecified atom stereocenters. The van der Waals surface area contributed by atoms with E-state index in [0.29, 0.717) is 4.52 Å². The van der Waals surface area contributed by atoms with Crippen LogP contribution in [0.15, 0.2) is 17.5 Å². The molecule has 0 aliphatic heterocycles. The molecule has 6 nitrogen and oxygen atoms in total. The molecule has 3 heterocycles. The molecule has 1 atom stereocenters. The van der Waals surface area contributed by atoms with Gasteiger partial charge in [-0.25, -0.2) is 4.98 Å². The van der Waals surface area contributed by atoms with Gasteiger partial charge in [0.05, 0.1) is 11.7 Å². The fourth-order valence-electron chi connectivity index (χ4n) is 2.16. The molecule has 0 aromatic carbocycles. The molecule has 10 heteroatoms. The van der Waals surface area contributed by atoms with Crippen molar-refractivity contribution < 1.29 is 13.2 Å². The number of aromatic nitrogens is 5. The van der Waals surface area contributed by atoms with Crippen LogP contribution in [-0.4, -0.2) is 24.8 Å². The van der Waals surface area contributed by atoms with Crippen LogP contribution in [0, 0.1) is 0 Å². The molecule has 134 valence electrons. The van der Waals surface area contributed by atoms with Crippen LogP contribution in [0.5, 0.6) is 0 Å². The normalized spacial score (nSPS) is 14.0. The maximum absolute atomic E-state index is 12.9. The van der Waals surface area contributed by atoms with Gasteiger partial charge in [-0.05, 0) is 19.1 Å². The molecule has 0 spiro atoms. The minimum absolute atomic E-state index is 0.0368. The Kier molecular flexibility index (Phi) is 4.18. The first-order chi connectivity index (χ1) is 11.6. The van der Waals surface area contributed by atoms with Crippen molar-refractivity contribution in [1.29, 1.82) is 0 Å². The second kappa shape index (κ2) is 5.94. The smallest absolute Gasteiger partial charge is 0.360 e. The fraction of sp³-hybridized carbons (Fsp3) is 0.467. The van der Waals surface area contributed by atoms with E-state index in [1.54, 1.807) is 6.07 Å². The monoisotopic (exact) mass is 370 g/mol. The molecule has 0 saturated heterocycles. The standard InChI is InChI=1S/C15H17F3N6S/c1-8(12-20-9(7-25-12)14(2,3)4)19-10-5-6-11-21-22-13(15(16,17)18)24(11)23-10/h5-8H,1-4H3,(H,19,23). The fourth-order valence-corrected chi connectivity index (χ4v) is 3.21. The molecule has 0 radical (unpaired) electrons. The average Bonchev–Trinajstić information content (AvgIpc) is 3.12. The molecule has 3 aromatic rings. The zero-order chi connectivity index (χ0) is 18.4. The summed E-state index contributed by atoms with van der Waals surface area (Å²) < 4.78 is 39.5. The minimum Gasteiger partial charge on any atom is -0.360 e. The third kappa shape index (κ3) is 3.58. The van der Waals surface area contributed by atoms with Gasteiger partial charge in [-0.1, -0.05) is 20.8 Å². The van der Waals surface area contributed by atoms with Crippen molar-refractivity contribution in [1.82, 2.24) is 24.8 Å². The van der Waals surface area contributed by atoms with Gasteiger partial charge in [-0.2, -0.15) is 17.7 Å². The van der Waals surface area contributed by atoms with Crippen LogP contribution >= 0.6 is 11.3 Å². The summed E-state index contributed by atoms with van der Waals surface area (Å²) >= 11 is 1.50. The van der Waals surface area contributed by atoms with Gasteiger partial charge in [0.2, 0.25) is 0 Å². The summed E-state index contributed by atoms with van der Waals surface area (Å²) in [5.74, 6) is -0.860. The lowest BCUT2D eigenvalue weighted by atomic mass is 9.93. The highest BCUT2D eigenvalue weighted by Crippen LogP contribution is 2.29. The Morgan fingerprint density at radius 2 is 1.88 bits per heavy atom. The number of nitrogens with one attached hydrogen (secondary N) is 1. The van der Waals surface area contributed by atoms with Gasteiger partial charge < -0.3 is 5.32 Å². The van der Waals surface area contributed by atoms with E-state index in [-0.39, 0.29) is 22.9 Å². The van der Waals surface area contributed by atoms with Crippen molar-refractivity contribution in [3.05, 3.63) is 34.0 Å². The predicted molar refractivity (Wildman–Crippen MR) is 88.6 cm³/mol. The quantitative estimate of drug-likeness (QED) is 0.753. The number of thiazole rings is 1. The number of hydrogen-bond donors (Lipinski definition) is 1. The summed E-state index contributed by atoms with van der Waals surface area (Å²) in [5, 5.41) is 16.5. The van der Waals surface area contributed by atoms with Gasteiger partial charge in [-0.3, -0.25) is 0 Å². The van der Waals surface area contributed by atoms with Crippen molar-refractivity contribution in [2.45, 2.75) is 45.3 Å². The van der Waals surface area contributed by atoms with Crippen LogP contribution < -0.4 is 5.32 Å². The summed E-state index contributed by atoms with van der Waals surface area (Å²) in [4.78, 5) is 4.60. The Morgan fingerprint density at radius 3 is 2.48 bits per heavy atom. The van der Waals surface area contributed by atoms with Crippen LogP contribution in [0.3, 0.4) is 0 Å². The molecule has 25 heavy (non-hydrogen) atoms. The number of hydrogen-bond acceptors (Lipinski definition) is 6. The lowest BCUT2D eigenvalue weighted by Gasteiger charge is -2.15. The molecule has 0 saturated carbocycles. The number of fused-ring (bicyclic) bond motifs is 1. The van der Waals surface area contributed by atoms with Crippen LogP contribution in [-0.2, 0) is 11.6 Å². The van der Waals surface area contributed by atoms with E-state index in [1.807, 2.05) is 12.3 Å². The Morgan fingerprint density at radius 1 is 1.16 bits per heavy atom. The molecule has 1 N–H and O–H groups in total. The number of nitrogens with zero attached hydrogens (tertiary/aromatic N) is 5. The van der Waals surface area contributed by atoms with E-state index in [0.717, 1.165) is 10.7 Å². The lowest BCUT2D eigenvalue weighted by Crippen LogP contribution is -2.15. The summed E-state index contributed by atoms with van der Waals surface area (Å²) in [6.45, 7) is 8.10. The van der Waals surface area contributed by atoms with Crippen molar-refractivity contribution in [3.63, 3.8) is 0 Å². The van der Waals surface area contributed by atoms with Crippen LogP contribution in [0.1, 0.15) is 50.3 Å². The highest BCUT2D eigenvalue weighted by atomic mass is 32.1. The van der Waals surface area contributed by atoms with E-state index in [1.165, 1.54) is 17.4 Å². The van der Waals surface area contributed by atoms with Crippen LogP contribution in [0.4, 0.5) is 19.0 Å². The highest BCUT2D eigenvalue weighted by Gasteiger charge is 2.37. The zero-order valence-electron chi connectivity index (χ0n) is 14.1. The van der Waals surface area contributed by atoms with Gasteiger partial charge in [0.25, 0.3) is 5.82 Å². The average molecular weight is 370 g/mol. The molecule has 0 aliphatic rings. The summed E-state index contributed by atoms with van der Waals surface area (Å²) in [5.41, 5.74) is 0.952. The van der Waals surface area contributed by atoms with Crippen molar-refractivity contribution in [2.24, 2.45) is 0 Å². The first kappa shape index (κ1) is 17.6. The molecule has 0 bridgehead atoms. The Hall–Kier alpha value is -2.23. The molecule has 3 aromatic heterocycles.